The summed E-state index contributed by atoms with van der Waals surface area (Å²) in [5.74, 6) is 0.439. The molecule has 0 N–H and O–H groups in total. The third kappa shape index (κ3) is 2.32. The summed E-state index contributed by atoms with van der Waals surface area (Å²) in [4.78, 5) is 11.8. The highest BCUT2D eigenvalue weighted by molar-refractivity contribution is 5.84. The predicted octanol–water partition coefficient (Wildman–Crippen LogP) is 3.57. The molecule has 1 fully saturated rings. The lowest BCUT2D eigenvalue weighted by Crippen LogP contribution is -2.35. The fourth-order valence-electron chi connectivity index (χ4n) is 1.94. The van der Waals surface area contributed by atoms with E-state index >= 15 is 0 Å². The van der Waals surface area contributed by atoms with Gasteiger partial charge in [-0.1, -0.05) is 40.5 Å². The van der Waals surface area contributed by atoms with E-state index in [-0.39, 0.29) is 5.41 Å². The Morgan fingerprint density at radius 2 is 1.85 bits per heavy atom. The topological polar surface area (TPSA) is 17.1 Å². The molecular formula is C12H22O. The van der Waals surface area contributed by atoms with Crippen LogP contribution in [0.4, 0.5) is 0 Å². The molecule has 0 bridgehead atoms. The van der Waals surface area contributed by atoms with Crippen LogP contribution in [0.1, 0.15) is 59.8 Å². The van der Waals surface area contributed by atoms with Crippen molar-refractivity contribution in [2.75, 3.05) is 0 Å². The smallest absolute Gasteiger partial charge is 0.138 e. The molecule has 0 aromatic heterocycles. The maximum atomic E-state index is 11.8. The van der Waals surface area contributed by atoms with Gasteiger partial charge in [0.25, 0.3) is 0 Å². The molecule has 0 heterocycles. The maximum absolute atomic E-state index is 11.8. The largest absolute Gasteiger partial charge is 0.299 e. The van der Waals surface area contributed by atoms with E-state index in [9.17, 15) is 4.79 Å². The summed E-state index contributed by atoms with van der Waals surface area (Å²) in [5.41, 5.74) is 0.252. The third-order valence-corrected chi connectivity index (χ3v) is 3.54. The summed E-state index contributed by atoms with van der Waals surface area (Å²) in [6.45, 7) is 8.29. The van der Waals surface area contributed by atoms with E-state index in [0.717, 1.165) is 6.42 Å². The maximum Gasteiger partial charge on any atom is 0.138 e. The molecule has 1 rings (SSSR count). The van der Waals surface area contributed by atoms with E-state index in [1.54, 1.807) is 0 Å². The van der Waals surface area contributed by atoms with Crippen LogP contribution >= 0.6 is 0 Å². The standard InChI is InChI=1S/C12H22O/c1-5-12(7-6-8-12)9-10(13)11(2,3)4/h5-9H2,1-4H3. The summed E-state index contributed by atoms with van der Waals surface area (Å²) in [6, 6.07) is 0. The van der Waals surface area contributed by atoms with E-state index in [4.69, 9.17) is 0 Å². The first-order chi connectivity index (χ1) is 5.90. The minimum atomic E-state index is -0.141. The Balaban J connectivity index is 2.52. The predicted molar refractivity (Wildman–Crippen MR) is 55.7 cm³/mol. The average Bonchev–Trinajstić information content (AvgIpc) is 1.94. The number of rotatable bonds is 3. The molecule has 1 saturated carbocycles. The molecule has 0 saturated heterocycles. The first-order valence-electron chi connectivity index (χ1n) is 5.43. The molecule has 1 aliphatic carbocycles. The van der Waals surface area contributed by atoms with Crippen LogP contribution < -0.4 is 0 Å². The quantitative estimate of drug-likeness (QED) is 0.652. The van der Waals surface area contributed by atoms with E-state index in [1.165, 1.54) is 25.7 Å². The van der Waals surface area contributed by atoms with Gasteiger partial charge in [0.05, 0.1) is 0 Å². The Morgan fingerprint density at radius 1 is 1.31 bits per heavy atom. The summed E-state index contributed by atoms with van der Waals surface area (Å²) in [6.07, 6.45) is 5.85. The van der Waals surface area contributed by atoms with Crippen LogP contribution in [0.25, 0.3) is 0 Å². The van der Waals surface area contributed by atoms with Crippen LogP contribution in [-0.2, 0) is 4.79 Å². The fourth-order valence-corrected chi connectivity index (χ4v) is 1.94. The Labute approximate surface area is 81.9 Å². The number of ketones is 1. The van der Waals surface area contributed by atoms with Gasteiger partial charge in [0.1, 0.15) is 5.78 Å². The minimum Gasteiger partial charge on any atom is -0.299 e. The molecule has 13 heavy (non-hydrogen) atoms. The van der Waals surface area contributed by atoms with E-state index in [0.29, 0.717) is 11.2 Å². The van der Waals surface area contributed by atoms with Crippen LogP contribution in [0.2, 0.25) is 0 Å². The second-order valence-electron chi connectivity index (χ2n) is 5.56. The molecule has 1 heteroatoms. The van der Waals surface area contributed by atoms with E-state index in [2.05, 4.69) is 6.92 Å². The lowest BCUT2D eigenvalue weighted by molar-refractivity contribution is -0.130. The summed E-state index contributed by atoms with van der Waals surface area (Å²) >= 11 is 0. The minimum absolute atomic E-state index is 0.141. The van der Waals surface area contributed by atoms with E-state index < -0.39 is 0 Å². The second-order valence-corrected chi connectivity index (χ2v) is 5.56. The number of Topliss-reactive ketones (excluding diaryl/α,β-unsaturated/α-hetero) is 1. The Bertz CT molecular complexity index is 188. The molecule has 0 radical (unpaired) electrons. The average molecular weight is 182 g/mol. The van der Waals surface area contributed by atoms with Crippen molar-refractivity contribution in [2.45, 2.75) is 59.8 Å². The molecule has 1 aliphatic rings. The van der Waals surface area contributed by atoms with Gasteiger partial charge in [-0.2, -0.15) is 0 Å². The Kier molecular flexibility index (Phi) is 2.84. The van der Waals surface area contributed by atoms with Crippen molar-refractivity contribution < 1.29 is 4.79 Å². The van der Waals surface area contributed by atoms with Crippen molar-refractivity contribution in [3.05, 3.63) is 0 Å². The van der Waals surface area contributed by atoms with Gasteiger partial charge < -0.3 is 0 Å². The van der Waals surface area contributed by atoms with Crippen LogP contribution in [0.3, 0.4) is 0 Å². The van der Waals surface area contributed by atoms with Gasteiger partial charge in [0, 0.05) is 11.8 Å². The highest BCUT2D eigenvalue weighted by Crippen LogP contribution is 2.47. The number of carbonyl (C=O) groups excluding carboxylic acids is 1. The van der Waals surface area contributed by atoms with Crippen molar-refractivity contribution in [2.24, 2.45) is 10.8 Å². The van der Waals surface area contributed by atoms with Crippen LogP contribution in [0.15, 0.2) is 0 Å². The zero-order valence-corrected chi connectivity index (χ0v) is 9.44. The molecule has 0 spiro atoms. The summed E-state index contributed by atoms with van der Waals surface area (Å²) < 4.78 is 0. The van der Waals surface area contributed by atoms with Gasteiger partial charge in [-0.05, 0) is 18.3 Å². The molecule has 0 aromatic rings. The summed E-state index contributed by atoms with van der Waals surface area (Å²) in [5, 5.41) is 0. The van der Waals surface area contributed by atoms with Gasteiger partial charge >= 0.3 is 0 Å². The van der Waals surface area contributed by atoms with Gasteiger partial charge in [-0.15, -0.1) is 0 Å². The van der Waals surface area contributed by atoms with Crippen molar-refractivity contribution in [3.8, 4) is 0 Å². The molecular weight excluding hydrogens is 160 g/mol. The SMILES string of the molecule is CCC1(CC(=O)C(C)(C)C)CCC1. The van der Waals surface area contributed by atoms with Gasteiger partial charge in [0.2, 0.25) is 0 Å². The zero-order chi connectivity index (χ0) is 10.1. The summed E-state index contributed by atoms with van der Waals surface area (Å²) in [7, 11) is 0. The van der Waals surface area contributed by atoms with Crippen molar-refractivity contribution in [1.29, 1.82) is 0 Å². The molecule has 0 aliphatic heterocycles. The fraction of sp³-hybridized carbons (Fsp3) is 0.917. The molecule has 0 unspecified atom stereocenters. The molecule has 76 valence electrons. The van der Waals surface area contributed by atoms with E-state index in [1.807, 2.05) is 20.8 Å². The number of hydrogen-bond donors (Lipinski definition) is 0. The Hall–Kier alpha value is -0.330. The van der Waals surface area contributed by atoms with Gasteiger partial charge in [0.15, 0.2) is 0 Å². The Morgan fingerprint density at radius 3 is 2.08 bits per heavy atom. The first kappa shape index (κ1) is 10.7. The number of carbonyl (C=O) groups is 1. The lowest BCUT2D eigenvalue weighted by Gasteiger charge is -2.42. The van der Waals surface area contributed by atoms with Crippen molar-refractivity contribution >= 4 is 5.78 Å². The van der Waals surface area contributed by atoms with Crippen molar-refractivity contribution in [1.82, 2.24) is 0 Å². The first-order valence-corrected chi connectivity index (χ1v) is 5.43. The second kappa shape index (κ2) is 3.43. The van der Waals surface area contributed by atoms with Gasteiger partial charge in [-0.25, -0.2) is 0 Å². The highest BCUT2D eigenvalue weighted by Gasteiger charge is 2.39. The highest BCUT2D eigenvalue weighted by atomic mass is 16.1. The molecule has 0 amide bonds. The molecule has 0 atom stereocenters. The van der Waals surface area contributed by atoms with Crippen LogP contribution in [-0.4, -0.2) is 5.78 Å². The number of hydrogen-bond acceptors (Lipinski definition) is 1. The van der Waals surface area contributed by atoms with Crippen molar-refractivity contribution in [3.63, 3.8) is 0 Å². The normalized spacial score (nSPS) is 20.9. The molecule has 1 nitrogen and oxygen atoms in total. The zero-order valence-electron chi connectivity index (χ0n) is 9.44. The third-order valence-electron chi connectivity index (χ3n) is 3.54. The van der Waals surface area contributed by atoms with Crippen LogP contribution in [0, 0.1) is 10.8 Å². The van der Waals surface area contributed by atoms with Gasteiger partial charge in [-0.3, -0.25) is 4.79 Å². The molecule has 0 aromatic carbocycles. The van der Waals surface area contributed by atoms with Crippen LogP contribution in [0.5, 0.6) is 0 Å². The lowest BCUT2D eigenvalue weighted by atomic mass is 9.62. The monoisotopic (exact) mass is 182 g/mol.